The van der Waals surface area contributed by atoms with E-state index in [1.54, 1.807) is 0 Å². The lowest BCUT2D eigenvalue weighted by Gasteiger charge is -2.28. The van der Waals surface area contributed by atoms with Crippen LogP contribution in [0.5, 0.6) is 0 Å². The third-order valence-electron chi connectivity index (χ3n) is 2.42. The minimum atomic E-state index is -0.0602. The van der Waals surface area contributed by atoms with E-state index in [-0.39, 0.29) is 24.0 Å². The van der Waals surface area contributed by atoms with Gasteiger partial charge in [0.15, 0.2) is 0 Å². The van der Waals surface area contributed by atoms with Crippen molar-refractivity contribution in [3.63, 3.8) is 0 Å². The second-order valence-corrected chi connectivity index (χ2v) is 5.56. The minimum Gasteiger partial charge on any atom is -0.396 e. The maximum Gasteiger partial charge on any atom is 0.0494 e. The number of hydrogen-bond donors (Lipinski definition) is 3. The van der Waals surface area contributed by atoms with Crippen LogP contribution < -0.4 is 5.32 Å². The summed E-state index contributed by atoms with van der Waals surface area (Å²) < 4.78 is 0. The highest BCUT2D eigenvalue weighted by Gasteiger charge is 2.20. The van der Waals surface area contributed by atoms with Gasteiger partial charge in [-0.2, -0.15) is 0 Å². The van der Waals surface area contributed by atoms with Gasteiger partial charge in [-0.1, -0.05) is 27.7 Å². The first-order chi connectivity index (χ1) is 6.33. The van der Waals surface area contributed by atoms with Crippen LogP contribution in [0.15, 0.2) is 0 Å². The molecule has 0 aromatic rings. The Hall–Kier alpha value is -0.120. The van der Waals surface area contributed by atoms with Gasteiger partial charge in [-0.3, -0.25) is 0 Å². The molecule has 0 radical (unpaired) electrons. The van der Waals surface area contributed by atoms with E-state index < -0.39 is 0 Å². The molecule has 86 valence electrons. The van der Waals surface area contributed by atoms with Crippen LogP contribution in [0.4, 0.5) is 0 Å². The molecular weight excluding hydrogens is 178 g/mol. The Labute approximate surface area is 87.5 Å². The summed E-state index contributed by atoms with van der Waals surface area (Å²) in [7, 11) is 0. The first-order valence-corrected chi connectivity index (χ1v) is 5.25. The first-order valence-electron chi connectivity index (χ1n) is 5.25. The number of rotatable bonds is 7. The third-order valence-corrected chi connectivity index (χ3v) is 2.42. The van der Waals surface area contributed by atoms with Gasteiger partial charge in [0, 0.05) is 31.7 Å². The van der Waals surface area contributed by atoms with Gasteiger partial charge in [0.2, 0.25) is 0 Å². The van der Waals surface area contributed by atoms with E-state index >= 15 is 0 Å². The molecule has 0 aliphatic rings. The fourth-order valence-corrected chi connectivity index (χ4v) is 1.19. The van der Waals surface area contributed by atoms with Crippen LogP contribution in [-0.4, -0.2) is 36.5 Å². The zero-order valence-corrected chi connectivity index (χ0v) is 9.93. The van der Waals surface area contributed by atoms with Gasteiger partial charge in [0.25, 0.3) is 0 Å². The normalized spacial score (nSPS) is 13.3. The summed E-state index contributed by atoms with van der Waals surface area (Å²) in [6.07, 6.45) is 0.805. The van der Waals surface area contributed by atoms with Crippen LogP contribution in [-0.2, 0) is 0 Å². The highest BCUT2D eigenvalue weighted by atomic mass is 16.3. The Morgan fingerprint density at radius 2 is 1.43 bits per heavy atom. The SMILES string of the molecule is CC(C)(CO)CNCC(C)(C)CCO. The largest absolute Gasteiger partial charge is 0.396 e. The fraction of sp³-hybridized carbons (Fsp3) is 1.00. The molecular formula is C11H25NO2. The molecule has 0 saturated heterocycles. The van der Waals surface area contributed by atoms with Crippen LogP contribution in [0.3, 0.4) is 0 Å². The lowest BCUT2D eigenvalue weighted by Crippen LogP contribution is -2.38. The molecule has 0 aromatic heterocycles. The summed E-state index contributed by atoms with van der Waals surface area (Å²) in [6, 6.07) is 0. The summed E-state index contributed by atoms with van der Waals surface area (Å²) in [4.78, 5) is 0. The molecule has 0 spiro atoms. The summed E-state index contributed by atoms with van der Waals surface area (Å²) >= 11 is 0. The van der Waals surface area contributed by atoms with Crippen molar-refractivity contribution in [2.24, 2.45) is 10.8 Å². The second-order valence-electron chi connectivity index (χ2n) is 5.56. The summed E-state index contributed by atoms with van der Waals surface area (Å²) in [6.45, 7) is 10.4. The minimum absolute atomic E-state index is 0.0602. The zero-order chi connectivity index (χ0) is 11.2. The van der Waals surface area contributed by atoms with Crippen molar-refractivity contribution in [2.45, 2.75) is 34.1 Å². The molecule has 3 nitrogen and oxygen atoms in total. The molecule has 0 amide bonds. The predicted molar refractivity (Wildman–Crippen MR) is 59.2 cm³/mol. The standard InChI is InChI=1S/C11H25NO2/c1-10(2,5-6-13)7-12-8-11(3,4)9-14/h12-14H,5-9H2,1-4H3. The first kappa shape index (κ1) is 13.9. The number of aliphatic hydroxyl groups is 2. The van der Waals surface area contributed by atoms with Crippen LogP contribution in [0, 0.1) is 10.8 Å². The Morgan fingerprint density at radius 3 is 1.86 bits per heavy atom. The highest BCUT2D eigenvalue weighted by Crippen LogP contribution is 2.19. The molecule has 0 rings (SSSR count). The van der Waals surface area contributed by atoms with Crippen molar-refractivity contribution in [3.05, 3.63) is 0 Å². The third kappa shape index (κ3) is 6.35. The molecule has 0 saturated carbocycles. The molecule has 3 heteroatoms. The predicted octanol–water partition coefficient (Wildman–Crippen LogP) is 1.00. The van der Waals surface area contributed by atoms with E-state index in [2.05, 4.69) is 19.2 Å². The maximum absolute atomic E-state index is 9.05. The molecule has 0 fully saturated rings. The highest BCUT2D eigenvalue weighted by molar-refractivity contribution is 4.75. The van der Waals surface area contributed by atoms with E-state index in [0.29, 0.717) is 0 Å². The van der Waals surface area contributed by atoms with Gasteiger partial charge in [-0.25, -0.2) is 0 Å². The molecule has 0 atom stereocenters. The van der Waals surface area contributed by atoms with Gasteiger partial charge in [0.05, 0.1) is 0 Å². The lowest BCUT2D eigenvalue weighted by molar-refractivity contribution is 0.147. The molecule has 3 N–H and O–H groups in total. The molecule has 0 bridgehead atoms. The molecule has 0 unspecified atom stereocenters. The van der Waals surface area contributed by atoms with Gasteiger partial charge in [0.1, 0.15) is 0 Å². The van der Waals surface area contributed by atoms with Gasteiger partial charge >= 0.3 is 0 Å². The van der Waals surface area contributed by atoms with Gasteiger partial charge in [-0.05, 0) is 11.8 Å². The van der Waals surface area contributed by atoms with E-state index in [1.165, 1.54) is 0 Å². The van der Waals surface area contributed by atoms with Crippen LogP contribution in [0.1, 0.15) is 34.1 Å². The van der Waals surface area contributed by atoms with Gasteiger partial charge in [-0.15, -0.1) is 0 Å². The van der Waals surface area contributed by atoms with Gasteiger partial charge < -0.3 is 15.5 Å². The maximum atomic E-state index is 9.05. The van der Waals surface area contributed by atoms with Crippen LogP contribution in [0.25, 0.3) is 0 Å². The fourth-order valence-electron chi connectivity index (χ4n) is 1.19. The number of aliphatic hydroxyl groups excluding tert-OH is 2. The quantitative estimate of drug-likeness (QED) is 0.578. The Morgan fingerprint density at radius 1 is 0.929 bits per heavy atom. The van der Waals surface area contributed by atoms with Crippen molar-refractivity contribution in [1.82, 2.24) is 5.32 Å². The summed E-state index contributed by atoms with van der Waals surface area (Å²) in [5.74, 6) is 0. The van der Waals surface area contributed by atoms with Crippen molar-refractivity contribution in [2.75, 3.05) is 26.3 Å². The van der Waals surface area contributed by atoms with Crippen molar-refractivity contribution >= 4 is 0 Å². The van der Waals surface area contributed by atoms with E-state index in [0.717, 1.165) is 19.5 Å². The van der Waals surface area contributed by atoms with E-state index in [4.69, 9.17) is 10.2 Å². The van der Waals surface area contributed by atoms with Crippen molar-refractivity contribution in [3.8, 4) is 0 Å². The Bertz CT molecular complexity index is 155. The van der Waals surface area contributed by atoms with Crippen molar-refractivity contribution in [1.29, 1.82) is 0 Å². The van der Waals surface area contributed by atoms with Crippen LogP contribution in [0.2, 0.25) is 0 Å². The summed E-state index contributed by atoms with van der Waals surface area (Å²) in [5.41, 5.74) is 0.0651. The second kappa shape index (κ2) is 5.69. The average Bonchev–Trinajstić information content (AvgIpc) is 2.03. The lowest BCUT2D eigenvalue weighted by atomic mass is 9.88. The van der Waals surface area contributed by atoms with E-state index in [9.17, 15) is 0 Å². The monoisotopic (exact) mass is 203 g/mol. The topological polar surface area (TPSA) is 52.5 Å². The smallest absolute Gasteiger partial charge is 0.0494 e. The summed E-state index contributed by atoms with van der Waals surface area (Å²) in [5, 5.41) is 21.2. The molecule has 14 heavy (non-hydrogen) atoms. The molecule has 0 aliphatic heterocycles. The van der Waals surface area contributed by atoms with Crippen LogP contribution >= 0.6 is 0 Å². The molecule has 0 heterocycles. The number of hydrogen-bond acceptors (Lipinski definition) is 3. The number of nitrogens with one attached hydrogen (secondary N) is 1. The van der Waals surface area contributed by atoms with E-state index in [1.807, 2.05) is 13.8 Å². The molecule has 0 aromatic carbocycles. The Balaban J connectivity index is 3.73. The Kier molecular flexibility index (Phi) is 5.64. The average molecular weight is 203 g/mol. The van der Waals surface area contributed by atoms with Crippen molar-refractivity contribution < 1.29 is 10.2 Å². The zero-order valence-electron chi connectivity index (χ0n) is 9.93. The molecule has 0 aliphatic carbocycles.